The van der Waals surface area contributed by atoms with E-state index in [1.807, 2.05) is 29.2 Å². The maximum Gasteiger partial charge on any atom is 0.258 e. The van der Waals surface area contributed by atoms with Gasteiger partial charge in [0.15, 0.2) is 0 Å². The van der Waals surface area contributed by atoms with E-state index >= 15 is 0 Å². The average molecular weight is 397 g/mol. The molecule has 2 aromatic carbocycles. The fraction of sp³-hybridized carbons (Fsp3) is 0.435. The summed E-state index contributed by atoms with van der Waals surface area (Å²) in [6.45, 7) is 2.96. The Morgan fingerprint density at radius 2 is 1.93 bits per heavy atom. The molecular weight excluding hydrogens is 372 g/mol. The number of nitrogens with zero attached hydrogens (tertiary/aromatic N) is 2. The van der Waals surface area contributed by atoms with E-state index in [1.165, 1.54) is 18.4 Å². The number of hydrogen-bond donors (Lipinski definition) is 0. The van der Waals surface area contributed by atoms with Crippen LogP contribution in [-0.4, -0.2) is 43.6 Å². The number of carbonyl (C=O) groups is 1. The van der Waals surface area contributed by atoms with Crippen molar-refractivity contribution in [2.45, 2.75) is 37.1 Å². The molecule has 1 aliphatic carbocycles. The number of benzene rings is 2. The van der Waals surface area contributed by atoms with Crippen molar-refractivity contribution in [1.82, 2.24) is 4.90 Å². The van der Waals surface area contributed by atoms with E-state index in [0.717, 1.165) is 50.0 Å². The first-order chi connectivity index (χ1) is 13.6. The molecule has 146 valence electrons. The second-order valence-corrected chi connectivity index (χ2v) is 8.77. The number of methoxy groups -OCH3 is 1. The van der Waals surface area contributed by atoms with Crippen LogP contribution in [0.3, 0.4) is 0 Å². The molecule has 2 aromatic rings. The van der Waals surface area contributed by atoms with Gasteiger partial charge < -0.3 is 14.5 Å². The number of hydrogen-bond acceptors (Lipinski definition) is 3. The third kappa shape index (κ3) is 2.99. The number of carbonyl (C=O) groups excluding carboxylic acids is 1. The van der Waals surface area contributed by atoms with E-state index in [4.69, 9.17) is 16.3 Å². The van der Waals surface area contributed by atoms with Crippen LogP contribution in [0.1, 0.15) is 41.6 Å². The standard InChI is InChI=1S/C23H25ClN2O2/c1-28-19-7-8-21-20(14-19)23(9-11-25(12-10-23)18-5-6-18)15-26(21)22(27)16-3-2-4-17(24)13-16/h2-4,7-8,13-14,18H,5-6,9-12,15H2,1H3. The van der Waals surface area contributed by atoms with Gasteiger partial charge in [0, 0.05) is 34.3 Å². The quantitative estimate of drug-likeness (QED) is 0.765. The zero-order chi connectivity index (χ0) is 19.3. The van der Waals surface area contributed by atoms with Crippen molar-refractivity contribution in [3.05, 3.63) is 58.6 Å². The number of anilines is 1. The Labute approximate surface area is 171 Å². The molecule has 0 bridgehead atoms. The van der Waals surface area contributed by atoms with Crippen LogP contribution in [-0.2, 0) is 5.41 Å². The van der Waals surface area contributed by atoms with Gasteiger partial charge in [-0.3, -0.25) is 4.79 Å². The van der Waals surface area contributed by atoms with Crippen molar-refractivity contribution in [2.75, 3.05) is 31.6 Å². The van der Waals surface area contributed by atoms with Gasteiger partial charge in [-0.05, 0) is 80.7 Å². The Bertz CT molecular complexity index is 917. The molecule has 28 heavy (non-hydrogen) atoms. The van der Waals surface area contributed by atoms with E-state index in [9.17, 15) is 4.79 Å². The lowest BCUT2D eigenvalue weighted by atomic mass is 9.74. The first-order valence-corrected chi connectivity index (χ1v) is 10.5. The molecule has 2 fully saturated rings. The summed E-state index contributed by atoms with van der Waals surface area (Å²) in [5.74, 6) is 0.884. The molecule has 0 N–H and O–H groups in total. The number of likely N-dealkylation sites (tertiary alicyclic amines) is 1. The molecule has 5 rings (SSSR count). The van der Waals surface area contributed by atoms with Crippen LogP contribution in [0.25, 0.3) is 0 Å². The van der Waals surface area contributed by atoms with Gasteiger partial charge in [-0.25, -0.2) is 0 Å². The van der Waals surface area contributed by atoms with Crippen molar-refractivity contribution in [3.8, 4) is 5.75 Å². The third-order valence-corrected chi connectivity index (χ3v) is 6.90. The molecule has 0 aromatic heterocycles. The van der Waals surface area contributed by atoms with Gasteiger partial charge in [0.05, 0.1) is 7.11 Å². The second-order valence-electron chi connectivity index (χ2n) is 8.33. The molecule has 5 heteroatoms. The molecule has 4 nitrogen and oxygen atoms in total. The molecule has 0 unspecified atom stereocenters. The smallest absolute Gasteiger partial charge is 0.258 e. The lowest BCUT2D eigenvalue weighted by molar-refractivity contribution is 0.0975. The van der Waals surface area contributed by atoms with Crippen LogP contribution in [0.4, 0.5) is 5.69 Å². The maximum absolute atomic E-state index is 13.4. The van der Waals surface area contributed by atoms with E-state index in [2.05, 4.69) is 11.0 Å². The molecule has 0 atom stereocenters. The summed E-state index contributed by atoms with van der Waals surface area (Å²) in [6, 6.07) is 14.2. The molecule has 1 saturated carbocycles. The molecule has 2 heterocycles. The second kappa shape index (κ2) is 6.78. The summed E-state index contributed by atoms with van der Waals surface area (Å²) in [5.41, 5.74) is 2.94. The van der Waals surface area contributed by atoms with Crippen LogP contribution >= 0.6 is 11.6 Å². The van der Waals surface area contributed by atoms with Gasteiger partial charge in [-0.1, -0.05) is 17.7 Å². The summed E-state index contributed by atoms with van der Waals surface area (Å²) in [5, 5.41) is 0.590. The largest absolute Gasteiger partial charge is 0.497 e. The monoisotopic (exact) mass is 396 g/mol. The van der Waals surface area contributed by atoms with Crippen molar-refractivity contribution < 1.29 is 9.53 Å². The molecule has 0 radical (unpaired) electrons. The Morgan fingerprint density at radius 1 is 1.14 bits per heavy atom. The van der Waals surface area contributed by atoms with Gasteiger partial charge in [0.2, 0.25) is 0 Å². The normalized spacial score (nSPS) is 21.0. The van der Waals surface area contributed by atoms with Gasteiger partial charge in [-0.15, -0.1) is 0 Å². The molecular formula is C23H25ClN2O2. The molecule has 1 saturated heterocycles. The molecule has 1 amide bonds. The number of fused-ring (bicyclic) bond motifs is 2. The van der Waals surface area contributed by atoms with E-state index < -0.39 is 0 Å². The number of rotatable bonds is 3. The van der Waals surface area contributed by atoms with Gasteiger partial charge in [-0.2, -0.15) is 0 Å². The highest BCUT2D eigenvalue weighted by Gasteiger charge is 2.48. The summed E-state index contributed by atoms with van der Waals surface area (Å²) >= 11 is 6.14. The van der Waals surface area contributed by atoms with Crippen LogP contribution in [0.5, 0.6) is 5.75 Å². The lowest BCUT2D eigenvalue weighted by Gasteiger charge is -2.40. The summed E-state index contributed by atoms with van der Waals surface area (Å²) in [4.78, 5) is 17.9. The van der Waals surface area contributed by atoms with E-state index in [1.54, 1.807) is 19.2 Å². The minimum atomic E-state index is 0.0174. The molecule has 3 aliphatic rings. The first kappa shape index (κ1) is 18.0. The number of halogens is 1. The minimum absolute atomic E-state index is 0.0174. The Balaban J connectivity index is 1.50. The van der Waals surface area contributed by atoms with Gasteiger partial charge in [0.25, 0.3) is 5.91 Å². The average Bonchev–Trinajstić information content (AvgIpc) is 3.52. The predicted molar refractivity (Wildman–Crippen MR) is 112 cm³/mol. The fourth-order valence-electron chi connectivity index (χ4n) is 4.92. The highest BCUT2D eigenvalue weighted by atomic mass is 35.5. The predicted octanol–water partition coefficient (Wildman–Crippen LogP) is 4.51. The fourth-order valence-corrected chi connectivity index (χ4v) is 5.11. The lowest BCUT2D eigenvalue weighted by Crippen LogP contribution is -2.46. The Kier molecular flexibility index (Phi) is 4.37. The summed E-state index contributed by atoms with van der Waals surface area (Å²) in [6.07, 6.45) is 4.86. The third-order valence-electron chi connectivity index (χ3n) is 6.66. The number of ether oxygens (including phenoxy) is 1. The van der Waals surface area contributed by atoms with Crippen LogP contribution in [0.15, 0.2) is 42.5 Å². The van der Waals surface area contributed by atoms with Crippen molar-refractivity contribution >= 4 is 23.2 Å². The summed E-state index contributed by atoms with van der Waals surface area (Å²) < 4.78 is 5.51. The number of amides is 1. The van der Waals surface area contributed by atoms with E-state index in [0.29, 0.717) is 10.6 Å². The SMILES string of the molecule is COc1ccc2c(c1)C1(CCN(C3CC3)CC1)CN2C(=O)c1cccc(Cl)c1. The van der Waals surface area contributed by atoms with E-state index in [-0.39, 0.29) is 11.3 Å². The van der Waals surface area contributed by atoms with Crippen molar-refractivity contribution in [3.63, 3.8) is 0 Å². The van der Waals surface area contributed by atoms with Crippen LogP contribution < -0.4 is 9.64 Å². The van der Waals surface area contributed by atoms with Crippen LogP contribution in [0.2, 0.25) is 5.02 Å². The zero-order valence-electron chi connectivity index (χ0n) is 16.2. The minimum Gasteiger partial charge on any atom is -0.497 e. The molecule has 1 spiro atoms. The highest BCUT2D eigenvalue weighted by molar-refractivity contribution is 6.31. The number of piperidine rings is 1. The highest BCUT2D eigenvalue weighted by Crippen LogP contribution is 2.49. The summed E-state index contributed by atoms with van der Waals surface area (Å²) in [7, 11) is 1.70. The first-order valence-electron chi connectivity index (χ1n) is 10.1. The van der Waals surface area contributed by atoms with Crippen LogP contribution in [0, 0.1) is 0 Å². The van der Waals surface area contributed by atoms with Crippen molar-refractivity contribution in [1.29, 1.82) is 0 Å². The maximum atomic E-state index is 13.4. The Morgan fingerprint density at radius 3 is 2.61 bits per heavy atom. The molecule has 2 aliphatic heterocycles. The Hall–Kier alpha value is -2.04. The zero-order valence-corrected chi connectivity index (χ0v) is 16.9. The van der Waals surface area contributed by atoms with Gasteiger partial charge in [0.1, 0.15) is 5.75 Å². The van der Waals surface area contributed by atoms with Gasteiger partial charge >= 0.3 is 0 Å². The topological polar surface area (TPSA) is 32.8 Å². The van der Waals surface area contributed by atoms with Crippen molar-refractivity contribution in [2.24, 2.45) is 0 Å².